The normalized spacial score (nSPS) is 17.9. The van der Waals surface area contributed by atoms with Crippen molar-refractivity contribution in [3.63, 3.8) is 0 Å². The third-order valence-corrected chi connectivity index (χ3v) is 3.48. The van der Waals surface area contributed by atoms with Crippen LogP contribution in [0.15, 0.2) is 0 Å². The number of nitrogens with one attached hydrogen (secondary N) is 1. The van der Waals surface area contributed by atoms with E-state index in [1.807, 2.05) is 13.8 Å². The van der Waals surface area contributed by atoms with Crippen LogP contribution >= 0.6 is 0 Å². The topological polar surface area (TPSA) is 45.0 Å². The highest BCUT2D eigenvalue weighted by Gasteiger charge is 2.15. The van der Waals surface area contributed by atoms with Crippen molar-refractivity contribution in [1.29, 1.82) is 5.26 Å². The minimum absolute atomic E-state index is 0.152. The fraction of sp³-hybridized carbons (Fsp3) is 0.929. The SMILES string of the molecule is CC(C)(C#N)CCCCNCC1CCOCC1. The Morgan fingerprint density at radius 3 is 2.65 bits per heavy atom. The van der Waals surface area contributed by atoms with Crippen LogP contribution in [0.1, 0.15) is 46.0 Å². The van der Waals surface area contributed by atoms with Crippen molar-refractivity contribution in [3.8, 4) is 6.07 Å². The van der Waals surface area contributed by atoms with Gasteiger partial charge < -0.3 is 10.1 Å². The van der Waals surface area contributed by atoms with E-state index in [1.54, 1.807) is 0 Å². The van der Waals surface area contributed by atoms with Gasteiger partial charge in [-0.1, -0.05) is 6.42 Å². The molecular formula is C14H26N2O. The molecule has 1 fully saturated rings. The quantitative estimate of drug-likeness (QED) is 0.694. The Labute approximate surface area is 106 Å². The van der Waals surface area contributed by atoms with Crippen molar-refractivity contribution in [2.75, 3.05) is 26.3 Å². The average molecular weight is 238 g/mol. The van der Waals surface area contributed by atoms with E-state index in [2.05, 4.69) is 11.4 Å². The summed E-state index contributed by atoms with van der Waals surface area (Å²) in [7, 11) is 0. The van der Waals surface area contributed by atoms with Gasteiger partial charge in [-0.05, 0) is 58.5 Å². The zero-order valence-electron chi connectivity index (χ0n) is 11.3. The first-order chi connectivity index (χ1) is 8.14. The molecule has 1 rings (SSSR count). The number of hydrogen-bond acceptors (Lipinski definition) is 3. The highest BCUT2D eigenvalue weighted by molar-refractivity contribution is 4.91. The summed E-state index contributed by atoms with van der Waals surface area (Å²) in [6.45, 7) is 8.11. The van der Waals surface area contributed by atoms with Crippen LogP contribution in [0.2, 0.25) is 0 Å². The van der Waals surface area contributed by atoms with E-state index in [4.69, 9.17) is 10.00 Å². The molecular weight excluding hydrogens is 212 g/mol. The third kappa shape index (κ3) is 6.65. The second kappa shape index (κ2) is 7.68. The first kappa shape index (κ1) is 14.5. The molecule has 17 heavy (non-hydrogen) atoms. The van der Waals surface area contributed by atoms with Gasteiger partial charge in [0.2, 0.25) is 0 Å². The first-order valence-electron chi connectivity index (χ1n) is 6.84. The van der Waals surface area contributed by atoms with Crippen LogP contribution in [0.25, 0.3) is 0 Å². The molecule has 0 radical (unpaired) electrons. The number of rotatable bonds is 7. The lowest BCUT2D eigenvalue weighted by Crippen LogP contribution is -2.28. The summed E-state index contributed by atoms with van der Waals surface area (Å²) in [5, 5.41) is 12.4. The van der Waals surface area contributed by atoms with Gasteiger partial charge in [0.05, 0.1) is 11.5 Å². The van der Waals surface area contributed by atoms with Gasteiger partial charge in [-0.2, -0.15) is 5.26 Å². The second-order valence-electron chi connectivity index (χ2n) is 5.71. The number of nitriles is 1. The van der Waals surface area contributed by atoms with Gasteiger partial charge >= 0.3 is 0 Å². The summed E-state index contributed by atoms with van der Waals surface area (Å²) in [6, 6.07) is 2.35. The molecule has 0 atom stereocenters. The molecule has 1 heterocycles. The van der Waals surface area contributed by atoms with Crippen molar-refractivity contribution >= 4 is 0 Å². The summed E-state index contributed by atoms with van der Waals surface area (Å²) < 4.78 is 5.34. The summed E-state index contributed by atoms with van der Waals surface area (Å²) in [5.74, 6) is 0.805. The molecule has 1 saturated heterocycles. The standard InChI is InChI=1S/C14H26N2O/c1-14(2,12-15)7-3-4-8-16-11-13-5-9-17-10-6-13/h13,16H,3-11H2,1-2H3. The minimum atomic E-state index is -0.152. The van der Waals surface area contributed by atoms with Crippen molar-refractivity contribution < 1.29 is 4.74 Å². The molecule has 0 bridgehead atoms. The number of nitrogens with zero attached hydrogens (tertiary/aromatic N) is 1. The Bertz CT molecular complexity index is 239. The van der Waals surface area contributed by atoms with Crippen molar-refractivity contribution in [2.24, 2.45) is 11.3 Å². The maximum Gasteiger partial charge on any atom is 0.0683 e. The Hall–Kier alpha value is -0.590. The molecule has 0 aromatic rings. The summed E-state index contributed by atoms with van der Waals surface area (Å²) in [6.07, 6.45) is 5.72. The van der Waals surface area contributed by atoms with E-state index in [0.29, 0.717) is 0 Å². The summed E-state index contributed by atoms with van der Waals surface area (Å²) in [4.78, 5) is 0. The largest absolute Gasteiger partial charge is 0.381 e. The second-order valence-corrected chi connectivity index (χ2v) is 5.71. The molecule has 1 N–H and O–H groups in total. The Kier molecular flexibility index (Phi) is 6.54. The molecule has 0 aromatic carbocycles. The van der Waals surface area contributed by atoms with Crippen LogP contribution < -0.4 is 5.32 Å². The van der Waals surface area contributed by atoms with Crippen LogP contribution in [0.3, 0.4) is 0 Å². The van der Waals surface area contributed by atoms with Gasteiger partial charge in [0.1, 0.15) is 0 Å². The molecule has 0 saturated carbocycles. The van der Waals surface area contributed by atoms with Gasteiger partial charge in [0.15, 0.2) is 0 Å². The van der Waals surface area contributed by atoms with E-state index >= 15 is 0 Å². The van der Waals surface area contributed by atoms with Crippen LogP contribution in [0.4, 0.5) is 0 Å². The molecule has 3 nitrogen and oxygen atoms in total. The van der Waals surface area contributed by atoms with Gasteiger partial charge in [0, 0.05) is 13.2 Å². The monoisotopic (exact) mass is 238 g/mol. The average Bonchev–Trinajstić information content (AvgIpc) is 2.35. The molecule has 0 unspecified atom stereocenters. The zero-order chi connectivity index (χ0) is 12.6. The predicted octanol–water partition coefficient (Wildman–Crippen LogP) is 2.72. The smallest absolute Gasteiger partial charge is 0.0683 e. The molecule has 98 valence electrons. The molecule has 3 heteroatoms. The van der Waals surface area contributed by atoms with Crippen LogP contribution in [0, 0.1) is 22.7 Å². The van der Waals surface area contributed by atoms with E-state index < -0.39 is 0 Å². The molecule has 0 amide bonds. The molecule has 1 aliphatic rings. The maximum absolute atomic E-state index is 8.89. The molecule has 0 aromatic heterocycles. The summed E-state index contributed by atoms with van der Waals surface area (Å²) in [5.41, 5.74) is -0.152. The molecule has 0 aliphatic carbocycles. The lowest BCUT2D eigenvalue weighted by molar-refractivity contribution is 0.0663. The number of hydrogen-bond donors (Lipinski definition) is 1. The van der Waals surface area contributed by atoms with Gasteiger partial charge in [-0.25, -0.2) is 0 Å². The summed E-state index contributed by atoms with van der Waals surface area (Å²) >= 11 is 0. The van der Waals surface area contributed by atoms with Crippen molar-refractivity contribution in [1.82, 2.24) is 5.32 Å². The maximum atomic E-state index is 8.89. The van der Waals surface area contributed by atoms with Gasteiger partial charge in [-0.15, -0.1) is 0 Å². The van der Waals surface area contributed by atoms with Crippen molar-refractivity contribution in [3.05, 3.63) is 0 Å². The minimum Gasteiger partial charge on any atom is -0.381 e. The van der Waals surface area contributed by atoms with E-state index in [0.717, 1.165) is 45.1 Å². The highest BCUT2D eigenvalue weighted by Crippen LogP contribution is 2.21. The Morgan fingerprint density at radius 1 is 1.29 bits per heavy atom. The van der Waals surface area contributed by atoms with Gasteiger partial charge in [0.25, 0.3) is 0 Å². The zero-order valence-corrected chi connectivity index (χ0v) is 11.3. The van der Waals surface area contributed by atoms with Crippen LogP contribution in [-0.4, -0.2) is 26.3 Å². The highest BCUT2D eigenvalue weighted by atomic mass is 16.5. The van der Waals surface area contributed by atoms with Crippen LogP contribution in [0.5, 0.6) is 0 Å². The third-order valence-electron chi connectivity index (χ3n) is 3.48. The number of unbranched alkanes of at least 4 members (excludes halogenated alkanes) is 1. The van der Waals surface area contributed by atoms with Gasteiger partial charge in [-0.3, -0.25) is 0 Å². The van der Waals surface area contributed by atoms with E-state index in [-0.39, 0.29) is 5.41 Å². The van der Waals surface area contributed by atoms with Crippen molar-refractivity contribution in [2.45, 2.75) is 46.0 Å². The van der Waals surface area contributed by atoms with E-state index in [9.17, 15) is 0 Å². The fourth-order valence-electron chi connectivity index (χ4n) is 2.13. The Morgan fingerprint density at radius 2 is 2.00 bits per heavy atom. The number of ether oxygens (including phenoxy) is 1. The molecule has 1 aliphatic heterocycles. The Balaban J connectivity index is 1.92. The van der Waals surface area contributed by atoms with Crippen LogP contribution in [-0.2, 0) is 4.74 Å². The predicted molar refractivity (Wildman–Crippen MR) is 69.7 cm³/mol. The lowest BCUT2D eigenvalue weighted by atomic mass is 9.89. The molecule has 0 spiro atoms. The lowest BCUT2D eigenvalue weighted by Gasteiger charge is -2.22. The first-order valence-corrected chi connectivity index (χ1v) is 6.84. The van der Waals surface area contributed by atoms with E-state index in [1.165, 1.54) is 19.3 Å². The fourth-order valence-corrected chi connectivity index (χ4v) is 2.13.